The smallest absolute Gasteiger partial charge is 0.387 e. The molecule has 116 valence electrons. The van der Waals surface area contributed by atoms with Crippen molar-refractivity contribution in [3.63, 3.8) is 0 Å². The molecule has 1 amide bonds. The third-order valence-electron chi connectivity index (χ3n) is 2.53. The number of benzene rings is 1. The molecular formula is C14H12F2N2O3S. The summed E-state index contributed by atoms with van der Waals surface area (Å²) in [5, 5.41) is 5.55. The number of hydrogen-bond acceptors (Lipinski definition) is 5. The second-order valence-electron chi connectivity index (χ2n) is 3.97. The number of ether oxygens (including phenoxy) is 2. The molecule has 22 heavy (non-hydrogen) atoms. The highest BCUT2D eigenvalue weighted by atomic mass is 32.1. The van der Waals surface area contributed by atoms with Crippen molar-refractivity contribution in [3.8, 4) is 11.5 Å². The maximum absolute atomic E-state index is 12.3. The van der Waals surface area contributed by atoms with Gasteiger partial charge in [0.1, 0.15) is 0 Å². The lowest BCUT2D eigenvalue weighted by Gasteiger charge is -2.10. The highest BCUT2D eigenvalue weighted by Crippen LogP contribution is 2.28. The summed E-state index contributed by atoms with van der Waals surface area (Å²) >= 11 is 1.29. The predicted octanol–water partition coefficient (Wildman–Crippen LogP) is 3.12. The Morgan fingerprint density at radius 2 is 2.18 bits per heavy atom. The number of nitrogens with zero attached hydrogens (tertiary/aromatic N) is 1. The topological polar surface area (TPSA) is 59.9 Å². The molecule has 0 fully saturated rings. The summed E-state index contributed by atoms with van der Waals surface area (Å²) in [6, 6.07) is 7.82. The number of amides is 1. The number of carbonyl (C=O) groups is 1. The molecule has 1 aromatic heterocycles. The van der Waals surface area contributed by atoms with E-state index in [-0.39, 0.29) is 17.4 Å². The number of rotatable bonds is 6. The van der Waals surface area contributed by atoms with E-state index in [0.717, 1.165) is 0 Å². The molecule has 0 bridgehead atoms. The van der Waals surface area contributed by atoms with Crippen molar-refractivity contribution in [2.45, 2.75) is 6.61 Å². The lowest BCUT2D eigenvalue weighted by Crippen LogP contribution is -2.16. The van der Waals surface area contributed by atoms with Crippen molar-refractivity contribution in [2.75, 3.05) is 7.11 Å². The number of nitrogens with one attached hydrogen (secondary N) is 1. The monoisotopic (exact) mass is 326 g/mol. The number of alkyl halides is 2. The molecule has 0 aliphatic rings. The van der Waals surface area contributed by atoms with E-state index in [1.807, 2.05) is 0 Å². The number of hydrogen-bond donors (Lipinski definition) is 1. The summed E-state index contributed by atoms with van der Waals surface area (Å²) in [5.74, 6) is -0.269. The fourth-order valence-corrected chi connectivity index (χ4v) is 2.20. The predicted molar refractivity (Wildman–Crippen MR) is 79.0 cm³/mol. The summed E-state index contributed by atoms with van der Waals surface area (Å²) in [7, 11) is 1.35. The third kappa shape index (κ3) is 4.26. The SMILES string of the molecule is COc1ccc(/C=N\NC(=O)c2cccs2)cc1OC(F)F. The van der Waals surface area contributed by atoms with Crippen LogP contribution in [0.25, 0.3) is 0 Å². The van der Waals surface area contributed by atoms with Gasteiger partial charge >= 0.3 is 6.61 Å². The zero-order chi connectivity index (χ0) is 15.9. The molecule has 0 unspecified atom stereocenters. The van der Waals surface area contributed by atoms with E-state index in [1.54, 1.807) is 23.6 Å². The van der Waals surface area contributed by atoms with Gasteiger partial charge in [-0.1, -0.05) is 6.07 Å². The molecule has 0 saturated carbocycles. The van der Waals surface area contributed by atoms with Crippen LogP contribution >= 0.6 is 11.3 Å². The third-order valence-corrected chi connectivity index (χ3v) is 3.40. The Hall–Kier alpha value is -2.48. The summed E-state index contributed by atoms with van der Waals surface area (Å²) < 4.78 is 33.9. The van der Waals surface area contributed by atoms with Crippen molar-refractivity contribution >= 4 is 23.5 Å². The molecule has 0 aliphatic carbocycles. The highest BCUT2D eigenvalue weighted by molar-refractivity contribution is 7.12. The fourth-order valence-electron chi connectivity index (χ4n) is 1.59. The van der Waals surface area contributed by atoms with Gasteiger partial charge in [0.25, 0.3) is 5.91 Å². The van der Waals surface area contributed by atoms with Gasteiger partial charge in [0.05, 0.1) is 18.2 Å². The van der Waals surface area contributed by atoms with Gasteiger partial charge in [0.2, 0.25) is 0 Å². The molecule has 1 aromatic carbocycles. The minimum atomic E-state index is -2.96. The molecule has 0 radical (unpaired) electrons. The molecule has 1 N–H and O–H groups in total. The van der Waals surface area contributed by atoms with Gasteiger partial charge < -0.3 is 9.47 Å². The Labute approximate surface area is 129 Å². The van der Waals surface area contributed by atoms with E-state index in [1.165, 1.54) is 36.8 Å². The minimum absolute atomic E-state index is 0.106. The molecule has 2 rings (SSSR count). The van der Waals surface area contributed by atoms with Crippen molar-refractivity contribution in [1.82, 2.24) is 5.43 Å². The largest absolute Gasteiger partial charge is 0.493 e. The van der Waals surface area contributed by atoms with Crippen molar-refractivity contribution in [1.29, 1.82) is 0 Å². The van der Waals surface area contributed by atoms with Crippen LogP contribution < -0.4 is 14.9 Å². The van der Waals surface area contributed by atoms with Gasteiger partial charge in [-0.15, -0.1) is 11.3 Å². The average Bonchev–Trinajstić information content (AvgIpc) is 3.01. The van der Waals surface area contributed by atoms with Crippen molar-refractivity contribution in [2.24, 2.45) is 5.10 Å². The van der Waals surface area contributed by atoms with E-state index in [2.05, 4.69) is 15.3 Å². The first-order valence-corrected chi connectivity index (χ1v) is 6.98. The van der Waals surface area contributed by atoms with E-state index in [9.17, 15) is 13.6 Å². The molecule has 5 nitrogen and oxygen atoms in total. The van der Waals surface area contributed by atoms with Gasteiger partial charge in [0, 0.05) is 0 Å². The quantitative estimate of drug-likeness (QED) is 0.655. The van der Waals surface area contributed by atoms with Crippen molar-refractivity contribution < 1.29 is 23.0 Å². The van der Waals surface area contributed by atoms with Crippen LogP contribution in [-0.4, -0.2) is 25.8 Å². The van der Waals surface area contributed by atoms with Crippen LogP contribution in [0.4, 0.5) is 8.78 Å². The summed E-state index contributed by atoms with van der Waals surface area (Å²) in [5.41, 5.74) is 2.82. The van der Waals surface area contributed by atoms with Crippen molar-refractivity contribution in [3.05, 3.63) is 46.2 Å². The molecule has 0 atom stereocenters. The van der Waals surface area contributed by atoms with Crippen LogP contribution in [0.5, 0.6) is 11.5 Å². The molecule has 0 aliphatic heterocycles. The second-order valence-corrected chi connectivity index (χ2v) is 4.91. The van der Waals surface area contributed by atoms with E-state index in [0.29, 0.717) is 10.4 Å². The first-order valence-electron chi connectivity index (χ1n) is 6.10. The number of carbonyl (C=O) groups excluding carboxylic acids is 1. The molecule has 0 saturated heterocycles. The van der Waals surface area contributed by atoms with E-state index >= 15 is 0 Å². The minimum Gasteiger partial charge on any atom is -0.493 e. The maximum Gasteiger partial charge on any atom is 0.387 e. The Morgan fingerprint density at radius 3 is 2.82 bits per heavy atom. The summed E-state index contributed by atoms with van der Waals surface area (Å²) in [4.78, 5) is 12.2. The Morgan fingerprint density at radius 1 is 1.36 bits per heavy atom. The first kappa shape index (κ1) is 15.9. The zero-order valence-corrected chi connectivity index (χ0v) is 12.3. The Kier molecular flexibility index (Phi) is 5.42. The molecule has 8 heteroatoms. The van der Waals surface area contributed by atoms with Gasteiger partial charge in [0.15, 0.2) is 11.5 Å². The fraction of sp³-hybridized carbons (Fsp3) is 0.143. The number of hydrazone groups is 1. The zero-order valence-electron chi connectivity index (χ0n) is 11.5. The van der Waals surface area contributed by atoms with Crippen LogP contribution in [0, 0.1) is 0 Å². The van der Waals surface area contributed by atoms with Crippen LogP contribution in [0.3, 0.4) is 0 Å². The molecular weight excluding hydrogens is 314 g/mol. The molecule has 0 spiro atoms. The Bertz CT molecular complexity index is 660. The van der Waals surface area contributed by atoms with Crippen LogP contribution in [0.15, 0.2) is 40.8 Å². The molecule has 2 aromatic rings. The standard InChI is InChI=1S/C14H12F2N2O3S/c1-20-10-5-4-9(7-11(10)21-14(15)16)8-17-18-13(19)12-3-2-6-22-12/h2-8,14H,1H3,(H,18,19)/b17-8-. The molecule has 1 heterocycles. The number of thiophene rings is 1. The summed E-state index contributed by atoms with van der Waals surface area (Å²) in [6.45, 7) is -2.96. The Balaban J connectivity index is 2.05. The second kappa shape index (κ2) is 7.51. The summed E-state index contributed by atoms with van der Waals surface area (Å²) in [6.07, 6.45) is 1.32. The maximum atomic E-state index is 12.3. The van der Waals surface area contributed by atoms with Gasteiger partial charge in [-0.2, -0.15) is 13.9 Å². The highest BCUT2D eigenvalue weighted by Gasteiger charge is 2.11. The van der Waals surface area contributed by atoms with E-state index < -0.39 is 6.61 Å². The lowest BCUT2D eigenvalue weighted by molar-refractivity contribution is -0.0512. The average molecular weight is 326 g/mol. The number of methoxy groups -OCH3 is 1. The van der Waals surface area contributed by atoms with Crippen LogP contribution in [0.2, 0.25) is 0 Å². The lowest BCUT2D eigenvalue weighted by atomic mass is 10.2. The van der Waals surface area contributed by atoms with E-state index in [4.69, 9.17) is 4.74 Å². The van der Waals surface area contributed by atoms with Gasteiger partial charge in [-0.05, 0) is 35.2 Å². The van der Waals surface area contributed by atoms with Crippen LogP contribution in [-0.2, 0) is 0 Å². The van der Waals surface area contributed by atoms with Gasteiger partial charge in [-0.25, -0.2) is 5.43 Å². The normalized spacial score (nSPS) is 10.9. The van der Waals surface area contributed by atoms with Crippen LogP contribution in [0.1, 0.15) is 15.2 Å². The van der Waals surface area contributed by atoms with Gasteiger partial charge in [-0.3, -0.25) is 4.79 Å². The number of halogens is 2. The first-order chi connectivity index (χ1) is 10.6.